The number of rotatable bonds is 5. The number of fused-ring (bicyclic) bond motifs is 1. The number of hydrogen-bond donors (Lipinski definition) is 1. The van der Waals surface area contributed by atoms with E-state index in [0.29, 0.717) is 12.4 Å². The minimum atomic E-state index is -0.934. The van der Waals surface area contributed by atoms with Crippen molar-refractivity contribution in [1.29, 1.82) is 0 Å². The van der Waals surface area contributed by atoms with Crippen molar-refractivity contribution in [3.63, 3.8) is 0 Å². The first-order valence-electron chi connectivity index (χ1n) is 7.41. The molecule has 1 saturated heterocycles. The van der Waals surface area contributed by atoms with Crippen LogP contribution in [0.2, 0.25) is 0 Å². The van der Waals surface area contributed by atoms with Crippen LogP contribution in [0.5, 0.6) is 5.75 Å². The van der Waals surface area contributed by atoms with Gasteiger partial charge in [0.2, 0.25) is 0 Å². The molecule has 1 N–H and O–H groups in total. The summed E-state index contributed by atoms with van der Waals surface area (Å²) in [7, 11) is 0. The van der Waals surface area contributed by atoms with Gasteiger partial charge >= 0.3 is 5.97 Å². The van der Waals surface area contributed by atoms with Crippen molar-refractivity contribution in [1.82, 2.24) is 4.90 Å². The third-order valence-electron chi connectivity index (χ3n) is 4.58. The number of carboxylic acids is 1. The number of benzene rings is 1. The summed E-state index contributed by atoms with van der Waals surface area (Å²) in [6.07, 6.45) is 4.15. The van der Waals surface area contributed by atoms with Crippen LogP contribution in [0.4, 0.5) is 0 Å². The fourth-order valence-corrected chi connectivity index (χ4v) is 3.57. The van der Waals surface area contributed by atoms with Crippen molar-refractivity contribution < 1.29 is 14.6 Å². The molecule has 20 heavy (non-hydrogen) atoms. The molecule has 0 radical (unpaired) electrons. The van der Waals surface area contributed by atoms with Gasteiger partial charge in [-0.2, -0.15) is 0 Å². The Morgan fingerprint density at radius 2 is 1.95 bits per heavy atom. The fourth-order valence-electron chi connectivity index (χ4n) is 3.57. The minimum absolute atomic E-state index is 0.241. The van der Waals surface area contributed by atoms with Gasteiger partial charge in [0, 0.05) is 19.6 Å². The highest BCUT2D eigenvalue weighted by Gasteiger charge is 2.35. The monoisotopic (exact) mass is 275 g/mol. The van der Waals surface area contributed by atoms with Crippen LogP contribution in [0.3, 0.4) is 0 Å². The standard InChI is InChI=1S/C16H21NO3/c18-16(19)14-6-1-2-7-15(14)20-9-8-17-10-12-4-3-5-13(12)11-17/h1-2,6-7,12-13H,3-5,8-11H2,(H,18,19). The van der Waals surface area contributed by atoms with E-state index in [1.807, 2.05) is 6.07 Å². The van der Waals surface area contributed by atoms with Crippen molar-refractivity contribution in [3.05, 3.63) is 29.8 Å². The van der Waals surface area contributed by atoms with Crippen LogP contribution in [0, 0.1) is 11.8 Å². The highest BCUT2D eigenvalue weighted by Crippen LogP contribution is 2.37. The van der Waals surface area contributed by atoms with Crippen LogP contribution in [-0.2, 0) is 0 Å². The van der Waals surface area contributed by atoms with E-state index in [0.717, 1.165) is 18.4 Å². The molecule has 0 aromatic heterocycles. The van der Waals surface area contributed by atoms with Crippen molar-refractivity contribution in [2.24, 2.45) is 11.8 Å². The SMILES string of the molecule is O=C(O)c1ccccc1OCCN1CC2CCCC2C1. The van der Waals surface area contributed by atoms with E-state index in [2.05, 4.69) is 4.90 Å². The van der Waals surface area contributed by atoms with Crippen molar-refractivity contribution in [2.45, 2.75) is 19.3 Å². The molecular formula is C16H21NO3. The summed E-state index contributed by atoms with van der Waals surface area (Å²) >= 11 is 0. The molecule has 3 rings (SSSR count). The van der Waals surface area contributed by atoms with Crippen LogP contribution in [0.15, 0.2) is 24.3 Å². The molecule has 0 bridgehead atoms. The molecule has 2 unspecified atom stereocenters. The molecule has 4 nitrogen and oxygen atoms in total. The number of carbonyl (C=O) groups is 1. The molecular weight excluding hydrogens is 254 g/mol. The Morgan fingerprint density at radius 3 is 2.65 bits per heavy atom. The summed E-state index contributed by atoms with van der Waals surface area (Å²) in [4.78, 5) is 13.5. The Kier molecular flexibility index (Phi) is 3.92. The van der Waals surface area contributed by atoms with Gasteiger partial charge in [0.25, 0.3) is 0 Å². The lowest BCUT2D eigenvalue weighted by Gasteiger charge is -2.17. The maximum absolute atomic E-state index is 11.1. The molecule has 2 fully saturated rings. The highest BCUT2D eigenvalue weighted by atomic mass is 16.5. The van der Waals surface area contributed by atoms with E-state index in [-0.39, 0.29) is 5.56 Å². The Hall–Kier alpha value is -1.55. The van der Waals surface area contributed by atoms with E-state index in [1.54, 1.807) is 18.2 Å². The number of carboxylic acid groups (broad SMARTS) is 1. The highest BCUT2D eigenvalue weighted by molar-refractivity contribution is 5.90. The zero-order chi connectivity index (χ0) is 13.9. The number of ether oxygens (including phenoxy) is 1. The van der Waals surface area contributed by atoms with Gasteiger partial charge in [-0.3, -0.25) is 4.90 Å². The summed E-state index contributed by atoms with van der Waals surface area (Å²) in [5, 5.41) is 9.10. The fraction of sp³-hybridized carbons (Fsp3) is 0.562. The van der Waals surface area contributed by atoms with Crippen molar-refractivity contribution >= 4 is 5.97 Å². The van der Waals surface area contributed by atoms with Gasteiger partial charge in [0.1, 0.15) is 17.9 Å². The molecule has 2 atom stereocenters. The summed E-state index contributed by atoms with van der Waals surface area (Å²) in [5.74, 6) is 1.32. The Bertz CT molecular complexity index is 476. The Balaban J connectivity index is 1.50. The lowest BCUT2D eigenvalue weighted by atomic mass is 10.0. The van der Waals surface area contributed by atoms with E-state index in [4.69, 9.17) is 9.84 Å². The molecule has 2 aliphatic rings. The van der Waals surface area contributed by atoms with E-state index in [1.165, 1.54) is 32.4 Å². The largest absolute Gasteiger partial charge is 0.491 e. The maximum Gasteiger partial charge on any atom is 0.339 e. The van der Waals surface area contributed by atoms with Crippen LogP contribution < -0.4 is 4.74 Å². The lowest BCUT2D eigenvalue weighted by Crippen LogP contribution is -2.27. The quantitative estimate of drug-likeness (QED) is 0.897. The zero-order valence-corrected chi connectivity index (χ0v) is 11.6. The Labute approximate surface area is 119 Å². The summed E-state index contributed by atoms with van der Waals surface area (Å²) in [6.45, 7) is 3.83. The molecule has 1 saturated carbocycles. The van der Waals surface area contributed by atoms with Crippen LogP contribution in [0.1, 0.15) is 29.6 Å². The Morgan fingerprint density at radius 1 is 1.25 bits per heavy atom. The van der Waals surface area contributed by atoms with Gasteiger partial charge < -0.3 is 9.84 Å². The normalized spacial score (nSPS) is 25.6. The van der Waals surface area contributed by atoms with Gasteiger partial charge in [-0.25, -0.2) is 4.79 Å². The number of likely N-dealkylation sites (tertiary alicyclic amines) is 1. The average molecular weight is 275 g/mol. The predicted molar refractivity (Wildman–Crippen MR) is 76.2 cm³/mol. The first kappa shape index (κ1) is 13.4. The van der Waals surface area contributed by atoms with Crippen molar-refractivity contribution in [3.8, 4) is 5.75 Å². The summed E-state index contributed by atoms with van der Waals surface area (Å²) < 4.78 is 5.66. The van der Waals surface area contributed by atoms with Gasteiger partial charge in [-0.05, 0) is 36.8 Å². The first-order valence-corrected chi connectivity index (χ1v) is 7.41. The van der Waals surface area contributed by atoms with E-state index < -0.39 is 5.97 Å². The average Bonchev–Trinajstić information content (AvgIpc) is 3.00. The van der Waals surface area contributed by atoms with Crippen LogP contribution >= 0.6 is 0 Å². The minimum Gasteiger partial charge on any atom is -0.491 e. The predicted octanol–water partition coefficient (Wildman–Crippen LogP) is 2.50. The van der Waals surface area contributed by atoms with Crippen LogP contribution in [0.25, 0.3) is 0 Å². The lowest BCUT2D eigenvalue weighted by molar-refractivity contribution is 0.0691. The van der Waals surface area contributed by atoms with Gasteiger partial charge in [0.15, 0.2) is 0 Å². The molecule has 1 aromatic carbocycles. The topological polar surface area (TPSA) is 49.8 Å². The third kappa shape index (κ3) is 2.80. The molecule has 0 spiro atoms. The second-order valence-electron chi connectivity index (χ2n) is 5.86. The maximum atomic E-state index is 11.1. The van der Waals surface area contributed by atoms with Crippen molar-refractivity contribution in [2.75, 3.05) is 26.2 Å². The number of para-hydroxylation sites is 1. The van der Waals surface area contributed by atoms with Gasteiger partial charge in [-0.1, -0.05) is 18.6 Å². The molecule has 1 aliphatic heterocycles. The summed E-state index contributed by atoms with van der Waals surface area (Å²) in [6, 6.07) is 6.83. The molecule has 1 aromatic rings. The summed E-state index contributed by atoms with van der Waals surface area (Å²) in [5.41, 5.74) is 0.241. The second kappa shape index (κ2) is 5.83. The number of hydrogen-bond acceptors (Lipinski definition) is 3. The van der Waals surface area contributed by atoms with E-state index in [9.17, 15) is 4.79 Å². The number of nitrogens with zero attached hydrogens (tertiary/aromatic N) is 1. The smallest absolute Gasteiger partial charge is 0.339 e. The van der Waals surface area contributed by atoms with E-state index >= 15 is 0 Å². The molecule has 1 aliphatic carbocycles. The number of aromatic carboxylic acids is 1. The molecule has 108 valence electrons. The third-order valence-corrected chi connectivity index (χ3v) is 4.58. The van der Waals surface area contributed by atoms with Gasteiger partial charge in [0.05, 0.1) is 0 Å². The molecule has 0 amide bonds. The first-order chi connectivity index (χ1) is 9.74. The van der Waals surface area contributed by atoms with Gasteiger partial charge in [-0.15, -0.1) is 0 Å². The molecule has 4 heteroatoms. The molecule has 1 heterocycles. The second-order valence-corrected chi connectivity index (χ2v) is 5.86. The van der Waals surface area contributed by atoms with Crippen LogP contribution in [-0.4, -0.2) is 42.2 Å². The zero-order valence-electron chi connectivity index (χ0n) is 11.6.